The van der Waals surface area contributed by atoms with E-state index in [1.54, 1.807) is 0 Å². The minimum atomic E-state index is 0.0368. The van der Waals surface area contributed by atoms with Crippen LogP contribution in [0.1, 0.15) is 19.7 Å². The largest absolute Gasteiger partial charge is 0.399 e. The number of carbonyl (C=O) groups excluding carboxylic acids is 1. The highest BCUT2D eigenvalue weighted by Gasteiger charge is 2.11. The molecule has 1 aromatic carbocycles. The number of amides is 1. The van der Waals surface area contributed by atoms with Crippen molar-refractivity contribution >= 4 is 22.6 Å². The van der Waals surface area contributed by atoms with Crippen molar-refractivity contribution in [1.82, 2.24) is 20.2 Å². The van der Waals surface area contributed by atoms with E-state index in [2.05, 4.69) is 15.3 Å². The molecular formula is C14H21N5O. The highest BCUT2D eigenvalue weighted by atomic mass is 16.2. The van der Waals surface area contributed by atoms with Crippen molar-refractivity contribution in [2.75, 3.05) is 25.4 Å². The normalized spacial score (nSPS) is 11.2. The fourth-order valence-corrected chi connectivity index (χ4v) is 2.10. The molecule has 6 nitrogen and oxygen atoms in total. The van der Waals surface area contributed by atoms with Crippen molar-refractivity contribution in [2.24, 2.45) is 0 Å². The molecule has 2 rings (SSSR count). The van der Waals surface area contributed by atoms with Gasteiger partial charge in [0.1, 0.15) is 5.82 Å². The SMILES string of the molecule is CCNC(=O)CN(CC)Cc1nc2ccc(N)cc2[nH]1. The van der Waals surface area contributed by atoms with Crippen LogP contribution in [0.4, 0.5) is 5.69 Å². The number of likely N-dealkylation sites (N-methyl/N-ethyl adjacent to an activating group) is 2. The third kappa shape index (κ3) is 3.48. The Morgan fingerprint density at radius 2 is 2.25 bits per heavy atom. The number of anilines is 1. The number of rotatable bonds is 6. The van der Waals surface area contributed by atoms with E-state index in [1.807, 2.05) is 36.9 Å². The van der Waals surface area contributed by atoms with Crippen LogP contribution in [-0.2, 0) is 11.3 Å². The van der Waals surface area contributed by atoms with Crippen LogP contribution >= 0.6 is 0 Å². The number of nitrogen functional groups attached to an aromatic ring is 1. The summed E-state index contributed by atoms with van der Waals surface area (Å²) < 4.78 is 0. The molecule has 0 saturated heterocycles. The van der Waals surface area contributed by atoms with E-state index in [1.165, 1.54) is 0 Å². The van der Waals surface area contributed by atoms with Gasteiger partial charge in [0.2, 0.25) is 5.91 Å². The van der Waals surface area contributed by atoms with Gasteiger partial charge >= 0.3 is 0 Å². The number of imidazole rings is 1. The standard InChI is InChI=1S/C14H21N5O/c1-3-16-14(20)9-19(4-2)8-13-17-11-6-5-10(15)7-12(11)18-13/h5-7H,3-4,8-9,15H2,1-2H3,(H,16,20)(H,17,18). The Morgan fingerprint density at radius 3 is 2.95 bits per heavy atom. The summed E-state index contributed by atoms with van der Waals surface area (Å²) in [5.41, 5.74) is 8.28. The Morgan fingerprint density at radius 1 is 1.45 bits per heavy atom. The van der Waals surface area contributed by atoms with Crippen LogP contribution in [0.2, 0.25) is 0 Å². The summed E-state index contributed by atoms with van der Waals surface area (Å²) in [7, 11) is 0. The number of H-pyrrole nitrogens is 1. The van der Waals surface area contributed by atoms with Crippen LogP contribution in [0, 0.1) is 0 Å². The molecule has 0 aliphatic carbocycles. The first-order valence-corrected chi connectivity index (χ1v) is 6.85. The van der Waals surface area contributed by atoms with Gasteiger partial charge in [-0.25, -0.2) is 4.98 Å². The Hall–Kier alpha value is -2.08. The maximum Gasteiger partial charge on any atom is 0.234 e. The molecule has 0 spiro atoms. The van der Waals surface area contributed by atoms with Crippen molar-refractivity contribution in [3.8, 4) is 0 Å². The maximum absolute atomic E-state index is 11.6. The molecule has 2 aromatic rings. The van der Waals surface area contributed by atoms with Crippen LogP contribution in [0.15, 0.2) is 18.2 Å². The molecule has 1 amide bonds. The minimum absolute atomic E-state index is 0.0368. The molecule has 0 aliphatic rings. The molecule has 6 heteroatoms. The quantitative estimate of drug-likeness (QED) is 0.689. The zero-order valence-electron chi connectivity index (χ0n) is 11.9. The van der Waals surface area contributed by atoms with Crippen molar-refractivity contribution in [3.05, 3.63) is 24.0 Å². The van der Waals surface area contributed by atoms with Gasteiger partial charge in [-0.2, -0.15) is 0 Å². The number of hydrogen-bond acceptors (Lipinski definition) is 4. The smallest absolute Gasteiger partial charge is 0.234 e. The number of nitrogens with zero attached hydrogens (tertiary/aromatic N) is 2. The summed E-state index contributed by atoms with van der Waals surface area (Å²) in [5.74, 6) is 0.881. The number of nitrogens with two attached hydrogens (primary N) is 1. The van der Waals surface area contributed by atoms with Crippen LogP contribution in [0.25, 0.3) is 11.0 Å². The Bertz CT molecular complexity index is 592. The van der Waals surface area contributed by atoms with E-state index in [0.717, 1.165) is 23.4 Å². The highest BCUT2D eigenvalue weighted by molar-refractivity contribution is 5.79. The molecule has 4 N–H and O–H groups in total. The number of aromatic amines is 1. The predicted octanol–water partition coefficient (Wildman–Crippen LogP) is 1.10. The van der Waals surface area contributed by atoms with E-state index in [9.17, 15) is 4.79 Å². The lowest BCUT2D eigenvalue weighted by molar-refractivity contribution is -0.122. The van der Waals surface area contributed by atoms with E-state index in [0.29, 0.717) is 25.3 Å². The molecule has 0 fully saturated rings. The van der Waals surface area contributed by atoms with Crippen LogP contribution in [0.5, 0.6) is 0 Å². The van der Waals surface area contributed by atoms with Crippen molar-refractivity contribution < 1.29 is 4.79 Å². The van der Waals surface area contributed by atoms with Gasteiger partial charge in [-0.3, -0.25) is 9.69 Å². The summed E-state index contributed by atoms with van der Waals surface area (Å²) in [6.07, 6.45) is 0. The monoisotopic (exact) mass is 275 g/mol. The topological polar surface area (TPSA) is 87.0 Å². The molecule has 0 atom stereocenters. The first-order chi connectivity index (χ1) is 9.62. The molecular weight excluding hydrogens is 254 g/mol. The molecule has 0 unspecified atom stereocenters. The van der Waals surface area contributed by atoms with Crippen molar-refractivity contribution in [3.63, 3.8) is 0 Å². The zero-order valence-corrected chi connectivity index (χ0v) is 11.9. The number of fused-ring (bicyclic) bond motifs is 1. The molecule has 1 heterocycles. The molecule has 1 aromatic heterocycles. The van der Waals surface area contributed by atoms with Gasteiger partial charge in [-0.1, -0.05) is 6.92 Å². The highest BCUT2D eigenvalue weighted by Crippen LogP contribution is 2.15. The van der Waals surface area contributed by atoms with E-state index >= 15 is 0 Å². The first-order valence-electron chi connectivity index (χ1n) is 6.85. The van der Waals surface area contributed by atoms with Gasteiger partial charge in [0.15, 0.2) is 0 Å². The van der Waals surface area contributed by atoms with Gasteiger partial charge in [-0.15, -0.1) is 0 Å². The second-order valence-corrected chi connectivity index (χ2v) is 4.72. The van der Waals surface area contributed by atoms with E-state index in [-0.39, 0.29) is 5.91 Å². The lowest BCUT2D eigenvalue weighted by Crippen LogP contribution is -2.36. The molecule has 108 valence electrons. The maximum atomic E-state index is 11.6. The molecule has 20 heavy (non-hydrogen) atoms. The average Bonchev–Trinajstić information content (AvgIpc) is 2.79. The first kappa shape index (κ1) is 14.3. The summed E-state index contributed by atoms with van der Waals surface area (Å²) in [6.45, 7) is 6.38. The Balaban J connectivity index is 2.07. The molecule has 0 saturated carbocycles. The third-order valence-corrected chi connectivity index (χ3v) is 3.12. The summed E-state index contributed by atoms with van der Waals surface area (Å²) in [4.78, 5) is 21.4. The number of nitrogens with one attached hydrogen (secondary N) is 2. The second kappa shape index (κ2) is 6.38. The molecule has 0 bridgehead atoms. The van der Waals surface area contributed by atoms with Gasteiger partial charge < -0.3 is 16.0 Å². The molecule has 0 aliphatic heterocycles. The number of carbonyl (C=O) groups is 1. The van der Waals surface area contributed by atoms with Gasteiger partial charge in [0.05, 0.1) is 24.1 Å². The van der Waals surface area contributed by atoms with Gasteiger partial charge in [-0.05, 0) is 31.7 Å². The molecule has 0 radical (unpaired) electrons. The lowest BCUT2D eigenvalue weighted by Gasteiger charge is -2.18. The summed E-state index contributed by atoms with van der Waals surface area (Å²) >= 11 is 0. The Labute approximate surface area is 118 Å². The van der Waals surface area contributed by atoms with Crippen LogP contribution in [0.3, 0.4) is 0 Å². The van der Waals surface area contributed by atoms with Gasteiger partial charge in [0, 0.05) is 12.2 Å². The van der Waals surface area contributed by atoms with Crippen molar-refractivity contribution in [1.29, 1.82) is 0 Å². The van der Waals surface area contributed by atoms with Crippen LogP contribution in [-0.4, -0.2) is 40.4 Å². The number of aromatic nitrogens is 2. The fraction of sp³-hybridized carbons (Fsp3) is 0.429. The lowest BCUT2D eigenvalue weighted by atomic mass is 10.3. The summed E-state index contributed by atoms with van der Waals surface area (Å²) in [6, 6.07) is 5.59. The number of benzene rings is 1. The third-order valence-electron chi connectivity index (χ3n) is 3.12. The van der Waals surface area contributed by atoms with E-state index in [4.69, 9.17) is 5.73 Å². The van der Waals surface area contributed by atoms with Crippen LogP contribution < -0.4 is 11.1 Å². The fourth-order valence-electron chi connectivity index (χ4n) is 2.10. The second-order valence-electron chi connectivity index (χ2n) is 4.72. The Kier molecular flexibility index (Phi) is 4.57. The average molecular weight is 275 g/mol. The zero-order chi connectivity index (χ0) is 14.5. The van der Waals surface area contributed by atoms with Crippen molar-refractivity contribution in [2.45, 2.75) is 20.4 Å². The van der Waals surface area contributed by atoms with Gasteiger partial charge in [0.25, 0.3) is 0 Å². The number of hydrogen-bond donors (Lipinski definition) is 3. The summed E-state index contributed by atoms with van der Waals surface area (Å²) in [5, 5.41) is 2.80. The minimum Gasteiger partial charge on any atom is -0.399 e. The van der Waals surface area contributed by atoms with E-state index < -0.39 is 0 Å². The predicted molar refractivity (Wildman–Crippen MR) is 80.1 cm³/mol.